The summed E-state index contributed by atoms with van der Waals surface area (Å²) in [4.78, 5) is 12.6. The quantitative estimate of drug-likeness (QED) is 0.0308. The Labute approximate surface area is 417 Å². The SMILES string of the molecule is CCCCCC/C=C/CC/C=C/CCCC(O)C(O)C(CO)NC(=O)C(O)CCCCCCCCCCCCCCCCCC/C=C\CCCCCCCCCCCCCCCCCCCC. The zero-order valence-corrected chi connectivity index (χ0v) is 44.9. The van der Waals surface area contributed by atoms with Crippen molar-refractivity contribution in [1.29, 1.82) is 0 Å². The summed E-state index contributed by atoms with van der Waals surface area (Å²) in [5.74, 6) is -0.595. The third-order valence-electron chi connectivity index (χ3n) is 14.1. The number of nitrogens with one attached hydrogen (secondary N) is 1. The van der Waals surface area contributed by atoms with Crippen molar-refractivity contribution < 1.29 is 25.2 Å². The Balaban J connectivity index is 3.51. The zero-order valence-electron chi connectivity index (χ0n) is 44.9. The van der Waals surface area contributed by atoms with E-state index in [0.29, 0.717) is 19.3 Å². The molecular weight excluding hydrogens is 827 g/mol. The van der Waals surface area contributed by atoms with Gasteiger partial charge in [-0.25, -0.2) is 0 Å². The van der Waals surface area contributed by atoms with Crippen LogP contribution in [-0.4, -0.2) is 57.3 Å². The fourth-order valence-corrected chi connectivity index (χ4v) is 9.36. The number of rotatable bonds is 55. The van der Waals surface area contributed by atoms with E-state index in [0.717, 1.165) is 44.9 Å². The van der Waals surface area contributed by atoms with Crippen LogP contribution in [0.25, 0.3) is 0 Å². The van der Waals surface area contributed by atoms with E-state index in [1.54, 1.807) is 0 Å². The summed E-state index contributed by atoms with van der Waals surface area (Å²) in [7, 11) is 0. The summed E-state index contributed by atoms with van der Waals surface area (Å²) in [6, 6.07) is -1.01. The van der Waals surface area contributed by atoms with Crippen LogP contribution in [0.5, 0.6) is 0 Å². The number of hydrogen-bond donors (Lipinski definition) is 5. The molecule has 6 heteroatoms. The Bertz CT molecular complexity index is 1060. The molecule has 0 heterocycles. The Hall–Kier alpha value is -1.47. The largest absolute Gasteiger partial charge is 0.394 e. The fourth-order valence-electron chi connectivity index (χ4n) is 9.36. The first-order chi connectivity index (χ1) is 33.0. The molecule has 0 aromatic rings. The molecule has 0 aromatic carbocycles. The molecule has 0 aliphatic heterocycles. The minimum atomic E-state index is -1.29. The molecule has 0 spiro atoms. The lowest BCUT2D eigenvalue weighted by molar-refractivity contribution is -0.132. The molecule has 0 bridgehead atoms. The maximum absolute atomic E-state index is 12.6. The molecule has 4 atom stereocenters. The fraction of sp³-hybridized carbons (Fsp3) is 0.885. The molecule has 0 saturated heterocycles. The Morgan fingerprint density at radius 1 is 0.358 bits per heavy atom. The van der Waals surface area contributed by atoms with Crippen molar-refractivity contribution in [2.75, 3.05) is 6.61 Å². The molecule has 0 aliphatic rings. The second-order valence-corrected chi connectivity index (χ2v) is 20.7. The summed E-state index contributed by atoms with van der Waals surface area (Å²) in [5, 5.41) is 43.8. The molecule has 5 N–H and O–H groups in total. The average molecular weight is 945 g/mol. The van der Waals surface area contributed by atoms with Crippen LogP contribution in [0.1, 0.15) is 316 Å². The smallest absolute Gasteiger partial charge is 0.249 e. The van der Waals surface area contributed by atoms with Gasteiger partial charge in [0.15, 0.2) is 0 Å². The maximum Gasteiger partial charge on any atom is 0.249 e. The Morgan fingerprint density at radius 2 is 0.627 bits per heavy atom. The Morgan fingerprint density at radius 3 is 0.955 bits per heavy atom. The lowest BCUT2D eigenvalue weighted by Crippen LogP contribution is -2.53. The van der Waals surface area contributed by atoms with Crippen molar-refractivity contribution in [2.24, 2.45) is 0 Å². The van der Waals surface area contributed by atoms with E-state index in [4.69, 9.17) is 0 Å². The highest BCUT2D eigenvalue weighted by molar-refractivity contribution is 5.80. The number of amides is 1. The number of unbranched alkanes of at least 4 members (excludes halogenated alkanes) is 40. The molecule has 4 unspecified atom stereocenters. The van der Waals surface area contributed by atoms with Gasteiger partial charge in [-0.2, -0.15) is 0 Å². The third kappa shape index (κ3) is 49.3. The van der Waals surface area contributed by atoms with Gasteiger partial charge in [-0.3, -0.25) is 4.79 Å². The van der Waals surface area contributed by atoms with E-state index in [-0.39, 0.29) is 0 Å². The summed E-state index contributed by atoms with van der Waals surface area (Å²) >= 11 is 0. The first kappa shape index (κ1) is 65.5. The Kier molecular flexibility index (Phi) is 54.2. The van der Waals surface area contributed by atoms with Crippen molar-refractivity contribution in [1.82, 2.24) is 5.32 Å². The minimum Gasteiger partial charge on any atom is -0.394 e. The average Bonchev–Trinajstić information content (AvgIpc) is 3.33. The van der Waals surface area contributed by atoms with E-state index in [1.807, 2.05) is 0 Å². The van der Waals surface area contributed by atoms with Gasteiger partial charge in [-0.15, -0.1) is 0 Å². The predicted octanol–water partition coefficient (Wildman–Crippen LogP) is 17.6. The number of aliphatic hydroxyl groups excluding tert-OH is 4. The topological polar surface area (TPSA) is 110 Å². The normalized spacial score (nSPS) is 13.9. The molecule has 0 fully saturated rings. The molecular formula is C61H117NO5. The van der Waals surface area contributed by atoms with Crippen LogP contribution in [-0.2, 0) is 4.79 Å². The van der Waals surface area contributed by atoms with Crippen LogP contribution in [0.2, 0.25) is 0 Å². The number of allylic oxidation sites excluding steroid dienone is 6. The van der Waals surface area contributed by atoms with E-state index in [9.17, 15) is 25.2 Å². The van der Waals surface area contributed by atoms with Gasteiger partial charge in [0.05, 0.1) is 18.8 Å². The summed E-state index contributed by atoms with van der Waals surface area (Å²) < 4.78 is 0. The molecule has 396 valence electrons. The van der Waals surface area contributed by atoms with Crippen LogP contribution < -0.4 is 5.32 Å². The standard InChI is InChI=1S/C61H117NO5/c1-3-5-7-9-11-13-15-17-18-19-20-21-22-23-24-25-26-27-28-29-30-31-32-33-34-35-36-37-38-39-40-41-43-45-47-49-51-53-55-59(65)61(67)62-57(56-63)60(66)58(64)54-52-50-48-46-44-42-16-14-12-10-8-6-4-2/h14,16,29-30,46,48,57-60,63-66H,3-13,15,17-28,31-45,47,49-56H2,1-2H3,(H,62,67)/b16-14+,30-29-,48-46+. The van der Waals surface area contributed by atoms with E-state index in [2.05, 4.69) is 55.6 Å². The second kappa shape index (κ2) is 55.5. The highest BCUT2D eigenvalue weighted by atomic mass is 16.3. The monoisotopic (exact) mass is 944 g/mol. The predicted molar refractivity (Wildman–Crippen MR) is 293 cm³/mol. The molecule has 0 aromatic heterocycles. The van der Waals surface area contributed by atoms with E-state index in [1.165, 1.54) is 238 Å². The first-order valence-electron chi connectivity index (χ1n) is 29.9. The van der Waals surface area contributed by atoms with Gasteiger partial charge in [-0.05, 0) is 77.0 Å². The van der Waals surface area contributed by atoms with Crippen molar-refractivity contribution in [3.8, 4) is 0 Å². The molecule has 67 heavy (non-hydrogen) atoms. The van der Waals surface area contributed by atoms with Gasteiger partial charge >= 0.3 is 0 Å². The third-order valence-corrected chi connectivity index (χ3v) is 14.1. The molecule has 0 radical (unpaired) electrons. The van der Waals surface area contributed by atoms with Gasteiger partial charge in [0.2, 0.25) is 5.91 Å². The van der Waals surface area contributed by atoms with Gasteiger partial charge in [-0.1, -0.05) is 275 Å². The van der Waals surface area contributed by atoms with Crippen molar-refractivity contribution in [3.05, 3.63) is 36.5 Å². The van der Waals surface area contributed by atoms with Crippen molar-refractivity contribution >= 4 is 5.91 Å². The number of carbonyl (C=O) groups is 1. The zero-order chi connectivity index (χ0) is 48.8. The van der Waals surface area contributed by atoms with E-state index < -0.39 is 36.9 Å². The first-order valence-corrected chi connectivity index (χ1v) is 29.9. The lowest BCUT2D eigenvalue weighted by atomic mass is 10.00. The van der Waals surface area contributed by atoms with Gasteiger partial charge < -0.3 is 25.7 Å². The highest BCUT2D eigenvalue weighted by Crippen LogP contribution is 2.18. The summed E-state index contributed by atoms with van der Waals surface area (Å²) in [6.45, 7) is 4.03. The van der Waals surface area contributed by atoms with Crippen LogP contribution in [0, 0.1) is 0 Å². The van der Waals surface area contributed by atoms with Gasteiger partial charge in [0.25, 0.3) is 0 Å². The maximum atomic E-state index is 12.6. The van der Waals surface area contributed by atoms with Crippen molar-refractivity contribution in [3.63, 3.8) is 0 Å². The van der Waals surface area contributed by atoms with Crippen LogP contribution >= 0.6 is 0 Å². The number of carbonyl (C=O) groups excluding carboxylic acids is 1. The van der Waals surface area contributed by atoms with Crippen LogP contribution in [0.4, 0.5) is 0 Å². The molecule has 1 amide bonds. The van der Waals surface area contributed by atoms with Gasteiger partial charge in [0, 0.05) is 0 Å². The molecule has 6 nitrogen and oxygen atoms in total. The number of hydrogen-bond acceptors (Lipinski definition) is 5. The van der Waals surface area contributed by atoms with Crippen LogP contribution in [0.15, 0.2) is 36.5 Å². The molecule has 0 saturated carbocycles. The second-order valence-electron chi connectivity index (χ2n) is 20.7. The lowest BCUT2D eigenvalue weighted by Gasteiger charge is -2.27. The minimum absolute atomic E-state index is 0.362. The van der Waals surface area contributed by atoms with Gasteiger partial charge in [0.1, 0.15) is 12.2 Å². The molecule has 0 rings (SSSR count). The van der Waals surface area contributed by atoms with Crippen molar-refractivity contribution in [2.45, 2.75) is 340 Å². The number of aliphatic hydroxyl groups is 4. The van der Waals surface area contributed by atoms with E-state index >= 15 is 0 Å². The summed E-state index contributed by atoms with van der Waals surface area (Å²) in [6.07, 6.45) is 69.7. The highest BCUT2D eigenvalue weighted by Gasteiger charge is 2.28. The molecule has 0 aliphatic carbocycles. The van der Waals surface area contributed by atoms with Crippen LogP contribution in [0.3, 0.4) is 0 Å². The summed E-state index contributed by atoms with van der Waals surface area (Å²) in [5.41, 5.74) is 0.